The molecule has 4 nitrogen and oxygen atoms in total. The number of aliphatic hydroxyl groups excluding tert-OH is 1. The Morgan fingerprint density at radius 1 is 1.21 bits per heavy atom. The lowest BCUT2D eigenvalue weighted by Gasteiger charge is -2.11. The van der Waals surface area contributed by atoms with Gasteiger partial charge in [0.2, 0.25) is 0 Å². The van der Waals surface area contributed by atoms with Crippen molar-refractivity contribution in [2.24, 2.45) is 0 Å². The van der Waals surface area contributed by atoms with E-state index in [4.69, 9.17) is 4.74 Å². The summed E-state index contributed by atoms with van der Waals surface area (Å²) in [7, 11) is 1.59. The molecule has 0 saturated carbocycles. The molecule has 0 saturated heterocycles. The van der Waals surface area contributed by atoms with Crippen molar-refractivity contribution in [2.75, 3.05) is 7.11 Å². The molecule has 0 spiro atoms. The summed E-state index contributed by atoms with van der Waals surface area (Å²) in [5.41, 5.74) is 3.98. The molecule has 0 amide bonds. The van der Waals surface area contributed by atoms with E-state index in [1.165, 1.54) is 12.1 Å². The van der Waals surface area contributed by atoms with E-state index in [1.807, 2.05) is 24.3 Å². The smallest absolute Gasteiger partial charge is 0.139 e. The summed E-state index contributed by atoms with van der Waals surface area (Å²) in [5, 5.41) is 14.2. The molecule has 0 radical (unpaired) electrons. The number of benzene rings is 2. The van der Waals surface area contributed by atoms with Gasteiger partial charge in [0.05, 0.1) is 18.0 Å². The lowest BCUT2D eigenvalue weighted by atomic mass is 10.0. The van der Waals surface area contributed by atoms with Crippen LogP contribution in [0.3, 0.4) is 0 Å². The predicted molar refractivity (Wildman–Crippen MR) is 93.7 cm³/mol. The molecule has 1 aromatic heterocycles. The molecule has 6 heteroatoms. The van der Waals surface area contributed by atoms with E-state index in [-0.39, 0.29) is 19.2 Å². The van der Waals surface area contributed by atoms with Crippen LogP contribution >= 0.6 is 15.9 Å². The summed E-state index contributed by atoms with van der Waals surface area (Å²) < 4.78 is 21.0. The average Bonchev–Trinajstić information content (AvgIpc) is 2.99. The maximum absolute atomic E-state index is 13.1. The molecule has 3 aromatic rings. The fourth-order valence-corrected chi connectivity index (χ4v) is 3.20. The number of halogens is 2. The average molecular weight is 391 g/mol. The van der Waals surface area contributed by atoms with Crippen LogP contribution in [0.4, 0.5) is 4.39 Å². The van der Waals surface area contributed by atoms with Crippen molar-refractivity contribution in [3.63, 3.8) is 0 Å². The Bertz CT molecular complexity index is 847. The van der Waals surface area contributed by atoms with Gasteiger partial charge in [-0.1, -0.05) is 28.1 Å². The molecule has 0 atom stereocenters. The molecule has 124 valence electrons. The molecule has 0 aliphatic carbocycles. The Kier molecular flexibility index (Phi) is 5.08. The molecule has 0 unspecified atom stereocenters. The monoisotopic (exact) mass is 390 g/mol. The van der Waals surface area contributed by atoms with Crippen LogP contribution in [0, 0.1) is 5.82 Å². The van der Waals surface area contributed by atoms with Crippen LogP contribution in [0.25, 0.3) is 22.5 Å². The van der Waals surface area contributed by atoms with Crippen molar-refractivity contribution in [2.45, 2.75) is 13.3 Å². The van der Waals surface area contributed by atoms with Crippen molar-refractivity contribution in [1.82, 2.24) is 9.78 Å². The highest BCUT2D eigenvalue weighted by Gasteiger charge is 2.16. The first-order chi connectivity index (χ1) is 11.6. The van der Waals surface area contributed by atoms with Crippen LogP contribution in [-0.2, 0) is 18.1 Å². The van der Waals surface area contributed by atoms with Crippen LogP contribution < -0.4 is 0 Å². The second-order valence-corrected chi connectivity index (χ2v) is 6.13. The standard InChI is InChI=1S/C18H16BrFN2O2/c1-24-11-22-17(18-13(10-23)3-2-4-15(18)19)9-16(21-22)12-5-7-14(20)8-6-12/h2-9,23H,10-11H2,1H3. The number of methoxy groups -OCH3 is 1. The number of ether oxygens (including phenoxy) is 1. The Hall–Kier alpha value is -2.02. The number of hydrogen-bond donors (Lipinski definition) is 1. The van der Waals surface area contributed by atoms with Crippen LogP contribution in [0.1, 0.15) is 5.56 Å². The van der Waals surface area contributed by atoms with Gasteiger partial charge in [-0.05, 0) is 42.0 Å². The van der Waals surface area contributed by atoms with Crippen molar-refractivity contribution < 1.29 is 14.2 Å². The Labute approximate surface area is 147 Å². The molecule has 0 fully saturated rings. The quantitative estimate of drug-likeness (QED) is 0.709. The topological polar surface area (TPSA) is 47.3 Å². The Balaban J connectivity index is 2.16. The van der Waals surface area contributed by atoms with Gasteiger partial charge < -0.3 is 9.84 Å². The minimum absolute atomic E-state index is 0.0845. The van der Waals surface area contributed by atoms with Gasteiger partial charge in [-0.15, -0.1) is 0 Å². The van der Waals surface area contributed by atoms with E-state index in [1.54, 1.807) is 23.9 Å². The Morgan fingerprint density at radius 2 is 1.96 bits per heavy atom. The lowest BCUT2D eigenvalue weighted by molar-refractivity contribution is 0.122. The van der Waals surface area contributed by atoms with E-state index in [2.05, 4.69) is 21.0 Å². The molecular formula is C18H16BrFN2O2. The van der Waals surface area contributed by atoms with Gasteiger partial charge in [0.25, 0.3) is 0 Å². The lowest BCUT2D eigenvalue weighted by Crippen LogP contribution is -2.05. The molecule has 0 aliphatic rings. The molecule has 1 N–H and O–H groups in total. The summed E-state index contributed by atoms with van der Waals surface area (Å²) in [6.45, 7) is 0.182. The second kappa shape index (κ2) is 7.25. The van der Waals surface area contributed by atoms with Crippen molar-refractivity contribution >= 4 is 15.9 Å². The van der Waals surface area contributed by atoms with Crippen LogP contribution in [0.15, 0.2) is 53.0 Å². The maximum Gasteiger partial charge on any atom is 0.139 e. The third-order valence-corrected chi connectivity index (χ3v) is 4.36. The van der Waals surface area contributed by atoms with E-state index >= 15 is 0 Å². The third kappa shape index (κ3) is 3.26. The molecule has 24 heavy (non-hydrogen) atoms. The predicted octanol–water partition coefficient (Wildman–Crippen LogP) is 4.21. The molecular weight excluding hydrogens is 375 g/mol. The fraction of sp³-hybridized carbons (Fsp3) is 0.167. The highest BCUT2D eigenvalue weighted by molar-refractivity contribution is 9.10. The Morgan fingerprint density at radius 3 is 2.62 bits per heavy atom. The fourth-order valence-electron chi connectivity index (χ4n) is 2.59. The van der Waals surface area contributed by atoms with Crippen molar-refractivity contribution in [3.8, 4) is 22.5 Å². The van der Waals surface area contributed by atoms with Crippen LogP contribution in [0.5, 0.6) is 0 Å². The van der Waals surface area contributed by atoms with E-state index < -0.39 is 0 Å². The maximum atomic E-state index is 13.1. The molecule has 0 aliphatic heterocycles. The highest BCUT2D eigenvalue weighted by atomic mass is 79.9. The number of nitrogens with zero attached hydrogens (tertiary/aromatic N) is 2. The van der Waals surface area contributed by atoms with Gasteiger partial charge in [-0.2, -0.15) is 5.10 Å². The van der Waals surface area contributed by atoms with Gasteiger partial charge in [0.15, 0.2) is 0 Å². The third-order valence-electron chi connectivity index (χ3n) is 3.70. The molecule has 2 aromatic carbocycles. The van der Waals surface area contributed by atoms with Crippen molar-refractivity contribution in [1.29, 1.82) is 0 Å². The minimum Gasteiger partial charge on any atom is -0.392 e. The number of rotatable bonds is 5. The molecule has 0 bridgehead atoms. The summed E-state index contributed by atoms with van der Waals surface area (Å²) in [4.78, 5) is 0. The minimum atomic E-state index is -0.288. The summed E-state index contributed by atoms with van der Waals surface area (Å²) in [6.07, 6.45) is 0. The first-order valence-corrected chi connectivity index (χ1v) is 8.14. The molecule has 1 heterocycles. The number of aliphatic hydroxyl groups is 1. The second-order valence-electron chi connectivity index (χ2n) is 5.27. The van der Waals surface area contributed by atoms with E-state index in [9.17, 15) is 9.50 Å². The van der Waals surface area contributed by atoms with Gasteiger partial charge in [0, 0.05) is 22.7 Å². The summed E-state index contributed by atoms with van der Waals surface area (Å²) >= 11 is 3.54. The van der Waals surface area contributed by atoms with Gasteiger partial charge >= 0.3 is 0 Å². The van der Waals surface area contributed by atoms with Gasteiger partial charge in [-0.3, -0.25) is 0 Å². The zero-order chi connectivity index (χ0) is 17.1. The first-order valence-electron chi connectivity index (χ1n) is 7.35. The normalized spacial score (nSPS) is 11.0. The molecule has 3 rings (SSSR count). The number of hydrogen-bond acceptors (Lipinski definition) is 3. The largest absolute Gasteiger partial charge is 0.392 e. The number of aromatic nitrogens is 2. The van der Waals surface area contributed by atoms with Crippen molar-refractivity contribution in [3.05, 3.63) is 64.4 Å². The highest BCUT2D eigenvalue weighted by Crippen LogP contribution is 2.34. The van der Waals surface area contributed by atoms with Crippen LogP contribution in [0.2, 0.25) is 0 Å². The SMILES string of the molecule is COCn1nc(-c2ccc(F)cc2)cc1-c1c(Br)cccc1CO. The van der Waals surface area contributed by atoms with Gasteiger partial charge in [0.1, 0.15) is 12.5 Å². The summed E-state index contributed by atoms with van der Waals surface area (Å²) in [6, 6.07) is 13.7. The summed E-state index contributed by atoms with van der Waals surface area (Å²) in [5.74, 6) is -0.288. The van der Waals surface area contributed by atoms with E-state index in [0.29, 0.717) is 5.69 Å². The zero-order valence-corrected chi connectivity index (χ0v) is 14.6. The zero-order valence-electron chi connectivity index (χ0n) is 13.0. The van der Waals surface area contributed by atoms with Crippen LogP contribution in [-0.4, -0.2) is 22.0 Å². The van der Waals surface area contributed by atoms with Gasteiger partial charge in [-0.25, -0.2) is 9.07 Å². The van der Waals surface area contributed by atoms with E-state index in [0.717, 1.165) is 26.9 Å². The first kappa shape index (κ1) is 16.8.